The van der Waals surface area contributed by atoms with Gasteiger partial charge in [0.15, 0.2) is 5.78 Å². The normalized spacial score (nSPS) is 50.6. The standard InChI is InChI=1S/C23H34O/c1-15(2)22(4)12-10-20-18-7-6-16-14-17(24)8-11-21(16,3)19(18)9-13-23(20,22)5/h14,18-20H,1,6-13H2,2-5H3/t18?,19-,20-,21-,22+,23-/m0/s1. The third-order valence-electron chi connectivity index (χ3n) is 9.51. The molecule has 132 valence electrons. The molecule has 24 heavy (non-hydrogen) atoms. The molecule has 0 amide bonds. The summed E-state index contributed by atoms with van der Waals surface area (Å²) in [6.07, 6.45) is 11.8. The fraction of sp³-hybridized carbons (Fsp3) is 0.783. The van der Waals surface area contributed by atoms with Crippen LogP contribution in [0.4, 0.5) is 0 Å². The zero-order chi connectivity index (χ0) is 17.3. The molecule has 3 fully saturated rings. The Labute approximate surface area is 148 Å². The van der Waals surface area contributed by atoms with E-state index in [0.29, 0.717) is 22.0 Å². The molecule has 0 aliphatic heterocycles. The second-order valence-corrected chi connectivity index (χ2v) is 10.1. The van der Waals surface area contributed by atoms with Crippen molar-refractivity contribution in [1.29, 1.82) is 0 Å². The predicted molar refractivity (Wildman–Crippen MR) is 99.6 cm³/mol. The summed E-state index contributed by atoms with van der Waals surface area (Å²) < 4.78 is 0. The maximum atomic E-state index is 11.9. The summed E-state index contributed by atoms with van der Waals surface area (Å²) in [5, 5.41) is 0. The van der Waals surface area contributed by atoms with Crippen LogP contribution in [0.3, 0.4) is 0 Å². The van der Waals surface area contributed by atoms with E-state index < -0.39 is 0 Å². The Morgan fingerprint density at radius 1 is 1.04 bits per heavy atom. The van der Waals surface area contributed by atoms with Crippen molar-refractivity contribution in [2.45, 2.75) is 79.1 Å². The molecule has 1 nitrogen and oxygen atoms in total. The number of rotatable bonds is 1. The van der Waals surface area contributed by atoms with Crippen LogP contribution < -0.4 is 0 Å². The Hall–Kier alpha value is -0.850. The average Bonchev–Trinajstić information content (AvgIpc) is 2.81. The molecular formula is C23H34O. The van der Waals surface area contributed by atoms with Crippen molar-refractivity contribution >= 4 is 5.78 Å². The van der Waals surface area contributed by atoms with Gasteiger partial charge in [-0.25, -0.2) is 0 Å². The largest absolute Gasteiger partial charge is 0.295 e. The highest BCUT2D eigenvalue weighted by Crippen LogP contribution is 2.71. The minimum Gasteiger partial charge on any atom is -0.295 e. The van der Waals surface area contributed by atoms with Gasteiger partial charge in [-0.05, 0) is 91.9 Å². The second kappa shape index (κ2) is 5.08. The first-order valence-corrected chi connectivity index (χ1v) is 10.1. The van der Waals surface area contributed by atoms with Crippen LogP contribution in [0.15, 0.2) is 23.8 Å². The molecular weight excluding hydrogens is 292 g/mol. The van der Waals surface area contributed by atoms with Crippen molar-refractivity contribution in [3.05, 3.63) is 23.8 Å². The molecule has 1 heteroatoms. The Morgan fingerprint density at radius 2 is 1.75 bits per heavy atom. The summed E-state index contributed by atoms with van der Waals surface area (Å²) in [4.78, 5) is 11.9. The molecule has 0 aromatic rings. The van der Waals surface area contributed by atoms with Crippen molar-refractivity contribution in [2.24, 2.45) is 34.0 Å². The maximum Gasteiger partial charge on any atom is 0.155 e. The summed E-state index contributed by atoms with van der Waals surface area (Å²) in [5.74, 6) is 2.89. The highest BCUT2D eigenvalue weighted by molar-refractivity contribution is 5.91. The van der Waals surface area contributed by atoms with Gasteiger partial charge < -0.3 is 0 Å². The molecule has 4 rings (SSSR count). The van der Waals surface area contributed by atoms with E-state index in [1.807, 2.05) is 6.08 Å². The molecule has 0 radical (unpaired) electrons. The van der Waals surface area contributed by atoms with E-state index >= 15 is 0 Å². The predicted octanol–water partition coefficient (Wildman–Crippen LogP) is 6.10. The minimum absolute atomic E-state index is 0.306. The lowest BCUT2D eigenvalue weighted by molar-refractivity contribution is -0.117. The molecule has 0 aromatic heterocycles. The second-order valence-electron chi connectivity index (χ2n) is 10.1. The summed E-state index contributed by atoms with van der Waals surface area (Å²) in [6, 6.07) is 0. The third kappa shape index (κ3) is 1.90. The summed E-state index contributed by atoms with van der Waals surface area (Å²) in [6.45, 7) is 14.2. The highest BCUT2D eigenvalue weighted by Gasteiger charge is 2.62. The number of fused-ring (bicyclic) bond motifs is 5. The Balaban J connectivity index is 1.70. The highest BCUT2D eigenvalue weighted by atomic mass is 16.1. The molecule has 0 bridgehead atoms. The van der Waals surface area contributed by atoms with Crippen molar-refractivity contribution in [3.63, 3.8) is 0 Å². The van der Waals surface area contributed by atoms with Crippen LogP contribution >= 0.6 is 0 Å². The van der Waals surface area contributed by atoms with Gasteiger partial charge in [-0.2, -0.15) is 0 Å². The lowest BCUT2D eigenvalue weighted by Crippen LogP contribution is -2.52. The summed E-state index contributed by atoms with van der Waals surface area (Å²) in [7, 11) is 0. The number of carbonyl (C=O) groups excluding carboxylic acids is 1. The number of ketones is 1. The zero-order valence-corrected chi connectivity index (χ0v) is 16.1. The molecule has 0 saturated heterocycles. The third-order valence-corrected chi connectivity index (χ3v) is 9.51. The van der Waals surface area contributed by atoms with E-state index in [2.05, 4.69) is 34.3 Å². The lowest BCUT2D eigenvalue weighted by atomic mass is 9.45. The van der Waals surface area contributed by atoms with Crippen LogP contribution in [0.2, 0.25) is 0 Å². The van der Waals surface area contributed by atoms with Gasteiger partial charge in [0.25, 0.3) is 0 Å². The maximum absolute atomic E-state index is 11.9. The van der Waals surface area contributed by atoms with Gasteiger partial charge in [0.1, 0.15) is 0 Å². The van der Waals surface area contributed by atoms with Crippen molar-refractivity contribution in [1.82, 2.24) is 0 Å². The van der Waals surface area contributed by atoms with E-state index in [-0.39, 0.29) is 0 Å². The van der Waals surface area contributed by atoms with Crippen LogP contribution in [0, 0.1) is 34.0 Å². The zero-order valence-electron chi connectivity index (χ0n) is 16.1. The molecule has 0 aromatic carbocycles. The summed E-state index contributed by atoms with van der Waals surface area (Å²) in [5.41, 5.74) is 3.95. The van der Waals surface area contributed by atoms with Crippen LogP contribution in [-0.4, -0.2) is 5.78 Å². The van der Waals surface area contributed by atoms with Gasteiger partial charge in [0, 0.05) is 6.42 Å². The average molecular weight is 327 g/mol. The molecule has 3 saturated carbocycles. The molecule has 4 aliphatic carbocycles. The van der Waals surface area contributed by atoms with Gasteiger partial charge in [0.2, 0.25) is 0 Å². The van der Waals surface area contributed by atoms with E-state index in [1.54, 1.807) is 0 Å². The van der Waals surface area contributed by atoms with Gasteiger partial charge >= 0.3 is 0 Å². The molecule has 6 atom stereocenters. The summed E-state index contributed by atoms with van der Waals surface area (Å²) >= 11 is 0. The molecule has 1 unspecified atom stereocenters. The van der Waals surface area contributed by atoms with E-state index in [0.717, 1.165) is 30.6 Å². The van der Waals surface area contributed by atoms with Gasteiger partial charge in [0.05, 0.1) is 0 Å². The first kappa shape index (κ1) is 16.6. The fourth-order valence-electron chi connectivity index (χ4n) is 7.53. The first-order chi connectivity index (χ1) is 11.2. The van der Waals surface area contributed by atoms with E-state index in [9.17, 15) is 4.79 Å². The number of hydrogen-bond acceptors (Lipinski definition) is 1. The monoisotopic (exact) mass is 326 g/mol. The Morgan fingerprint density at radius 3 is 2.46 bits per heavy atom. The molecule has 4 aliphatic rings. The minimum atomic E-state index is 0.306. The fourth-order valence-corrected chi connectivity index (χ4v) is 7.53. The van der Waals surface area contributed by atoms with Crippen LogP contribution in [0.1, 0.15) is 79.1 Å². The number of allylic oxidation sites excluding steroid dienone is 2. The van der Waals surface area contributed by atoms with Gasteiger partial charge in [-0.1, -0.05) is 38.5 Å². The first-order valence-electron chi connectivity index (χ1n) is 10.1. The topological polar surface area (TPSA) is 17.1 Å². The van der Waals surface area contributed by atoms with Crippen LogP contribution in [0.25, 0.3) is 0 Å². The van der Waals surface area contributed by atoms with Crippen molar-refractivity contribution in [2.75, 3.05) is 0 Å². The van der Waals surface area contributed by atoms with Gasteiger partial charge in [-0.15, -0.1) is 0 Å². The SMILES string of the molecule is C=C(C)[C@@]1(C)CC[C@H]2C3CCC4=CC(=O)CC[C@]4(C)[C@H]3CC[C@@]21C. The molecule has 0 spiro atoms. The smallest absolute Gasteiger partial charge is 0.155 e. The van der Waals surface area contributed by atoms with E-state index in [4.69, 9.17) is 0 Å². The number of hydrogen-bond donors (Lipinski definition) is 0. The molecule has 0 heterocycles. The van der Waals surface area contributed by atoms with E-state index in [1.165, 1.54) is 49.7 Å². The van der Waals surface area contributed by atoms with Crippen molar-refractivity contribution < 1.29 is 4.79 Å². The van der Waals surface area contributed by atoms with Crippen molar-refractivity contribution in [3.8, 4) is 0 Å². The Kier molecular flexibility index (Phi) is 3.52. The number of carbonyl (C=O) groups is 1. The molecule has 0 N–H and O–H groups in total. The van der Waals surface area contributed by atoms with Gasteiger partial charge in [-0.3, -0.25) is 4.79 Å². The Bertz CT molecular complexity index is 628. The quantitative estimate of drug-likeness (QED) is 0.532. The lowest BCUT2D eigenvalue weighted by Gasteiger charge is -2.60. The van der Waals surface area contributed by atoms with Crippen LogP contribution in [0.5, 0.6) is 0 Å². The van der Waals surface area contributed by atoms with Crippen LogP contribution in [-0.2, 0) is 4.79 Å².